The van der Waals surface area contributed by atoms with Crippen LogP contribution < -0.4 is 15.0 Å². The molecular weight excluding hydrogens is 354 g/mol. The van der Waals surface area contributed by atoms with Gasteiger partial charge in [-0.25, -0.2) is 4.98 Å². The lowest BCUT2D eigenvalue weighted by molar-refractivity contribution is -0.0498. The Labute approximate surface area is 156 Å². The number of halogens is 2. The van der Waals surface area contributed by atoms with Gasteiger partial charge in [0.05, 0.1) is 0 Å². The first-order valence-electron chi connectivity index (χ1n) is 8.73. The molecule has 1 aromatic heterocycles. The summed E-state index contributed by atoms with van der Waals surface area (Å²) in [5.41, 5.74) is 1.17. The summed E-state index contributed by atoms with van der Waals surface area (Å²) in [6.45, 7) is 1.04. The molecule has 1 N–H and O–H groups in total. The Hall–Kier alpha value is -2.74. The van der Waals surface area contributed by atoms with Crippen LogP contribution in [0.15, 0.2) is 42.6 Å². The van der Waals surface area contributed by atoms with E-state index < -0.39 is 6.61 Å². The molecule has 1 aliphatic heterocycles. The highest BCUT2D eigenvalue weighted by molar-refractivity contribution is 5.94. The number of likely N-dealkylation sites (N-methyl/N-ethyl adjacent to an activating group) is 1. The van der Waals surface area contributed by atoms with E-state index >= 15 is 0 Å². The van der Waals surface area contributed by atoms with E-state index in [9.17, 15) is 13.6 Å². The van der Waals surface area contributed by atoms with Crippen LogP contribution in [0.25, 0.3) is 0 Å². The Morgan fingerprint density at radius 3 is 2.74 bits per heavy atom. The zero-order valence-electron chi connectivity index (χ0n) is 15.1. The smallest absolute Gasteiger partial charge is 0.387 e. The first-order valence-corrected chi connectivity index (χ1v) is 8.73. The molecule has 1 amide bonds. The number of carbonyl (C=O) groups is 1. The molecule has 1 fully saturated rings. The summed E-state index contributed by atoms with van der Waals surface area (Å²) >= 11 is 0. The van der Waals surface area contributed by atoms with Gasteiger partial charge in [0.25, 0.3) is 5.91 Å². The number of benzene rings is 1. The molecule has 6 nitrogen and oxygen atoms in total. The number of pyridine rings is 1. The molecule has 144 valence electrons. The van der Waals surface area contributed by atoms with Gasteiger partial charge in [-0.2, -0.15) is 8.78 Å². The minimum absolute atomic E-state index is 0.0443. The number of hydrogen-bond acceptors (Lipinski definition) is 5. The van der Waals surface area contributed by atoms with Crippen molar-refractivity contribution in [3.63, 3.8) is 0 Å². The zero-order chi connectivity index (χ0) is 19.2. The van der Waals surface area contributed by atoms with E-state index in [1.165, 1.54) is 18.2 Å². The van der Waals surface area contributed by atoms with Crippen LogP contribution in [0, 0.1) is 0 Å². The van der Waals surface area contributed by atoms with Gasteiger partial charge in [-0.1, -0.05) is 12.1 Å². The molecule has 1 saturated heterocycles. The number of hydrogen-bond donors (Lipinski definition) is 1. The van der Waals surface area contributed by atoms with Crippen LogP contribution in [-0.2, 0) is 6.54 Å². The second-order valence-corrected chi connectivity index (χ2v) is 6.37. The molecule has 0 spiro atoms. The topological polar surface area (TPSA) is 57.7 Å². The summed E-state index contributed by atoms with van der Waals surface area (Å²) in [5.74, 6) is 0.459. The summed E-state index contributed by atoms with van der Waals surface area (Å²) in [6, 6.07) is 9.50. The van der Waals surface area contributed by atoms with E-state index in [0.29, 0.717) is 6.54 Å². The maximum Gasteiger partial charge on any atom is 0.387 e. The van der Waals surface area contributed by atoms with Crippen molar-refractivity contribution in [1.82, 2.24) is 15.2 Å². The Morgan fingerprint density at radius 2 is 2.00 bits per heavy atom. The summed E-state index contributed by atoms with van der Waals surface area (Å²) in [6.07, 6.45) is 1.74. The largest absolute Gasteiger partial charge is 0.435 e. The van der Waals surface area contributed by atoms with Gasteiger partial charge < -0.3 is 19.9 Å². The quantitative estimate of drug-likeness (QED) is 0.839. The number of rotatable bonds is 6. The molecule has 2 heterocycles. The van der Waals surface area contributed by atoms with Crippen molar-refractivity contribution in [3.8, 4) is 5.75 Å². The number of nitrogens with zero attached hydrogens (tertiary/aromatic N) is 3. The Balaban J connectivity index is 1.66. The summed E-state index contributed by atoms with van der Waals surface area (Å²) < 4.78 is 29.0. The number of carbonyl (C=O) groups excluding carboxylic acids is 1. The van der Waals surface area contributed by atoms with E-state index in [0.717, 1.165) is 37.6 Å². The molecule has 0 bridgehead atoms. The monoisotopic (exact) mass is 376 g/mol. The van der Waals surface area contributed by atoms with Gasteiger partial charge in [-0.15, -0.1) is 0 Å². The first kappa shape index (κ1) is 19.0. The summed E-state index contributed by atoms with van der Waals surface area (Å²) in [5, 5.41) is 2.82. The lowest BCUT2D eigenvalue weighted by Gasteiger charge is -2.34. The fourth-order valence-electron chi connectivity index (χ4n) is 2.96. The van der Waals surface area contributed by atoms with Crippen LogP contribution in [0.3, 0.4) is 0 Å². The molecule has 8 heteroatoms. The third-order valence-corrected chi connectivity index (χ3v) is 4.43. The SMILES string of the molecule is CN1CCN(c2ncccc2CNC(=O)c2cccc(OC(F)F)c2)CC1. The van der Waals surface area contributed by atoms with E-state index in [2.05, 4.69) is 31.9 Å². The number of alkyl halides is 2. The van der Waals surface area contributed by atoms with Crippen molar-refractivity contribution in [2.45, 2.75) is 13.2 Å². The van der Waals surface area contributed by atoms with Gasteiger partial charge in [0.2, 0.25) is 0 Å². The molecule has 0 radical (unpaired) electrons. The Morgan fingerprint density at radius 1 is 1.22 bits per heavy atom. The van der Waals surface area contributed by atoms with Gasteiger partial charge in [0.15, 0.2) is 0 Å². The molecule has 27 heavy (non-hydrogen) atoms. The normalized spacial score (nSPS) is 15.0. The highest BCUT2D eigenvalue weighted by Gasteiger charge is 2.18. The molecule has 0 saturated carbocycles. The lowest BCUT2D eigenvalue weighted by atomic mass is 10.2. The number of amides is 1. The van der Waals surface area contributed by atoms with Crippen molar-refractivity contribution in [1.29, 1.82) is 0 Å². The first-order chi connectivity index (χ1) is 13.0. The Kier molecular flexibility index (Phi) is 6.18. The van der Waals surface area contributed by atoms with Gasteiger partial charge in [-0.3, -0.25) is 4.79 Å². The van der Waals surface area contributed by atoms with Crippen molar-refractivity contribution < 1.29 is 18.3 Å². The highest BCUT2D eigenvalue weighted by Crippen LogP contribution is 2.19. The average molecular weight is 376 g/mol. The van der Waals surface area contributed by atoms with Gasteiger partial charge in [0.1, 0.15) is 11.6 Å². The molecule has 3 rings (SSSR count). The molecule has 0 aliphatic carbocycles. The van der Waals surface area contributed by atoms with Crippen LogP contribution in [0.5, 0.6) is 5.75 Å². The molecule has 0 atom stereocenters. The van der Waals surface area contributed by atoms with Crippen LogP contribution in [0.1, 0.15) is 15.9 Å². The van der Waals surface area contributed by atoms with Crippen molar-refractivity contribution in [2.24, 2.45) is 0 Å². The molecule has 1 aliphatic rings. The standard InChI is InChI=1S/C19H22F2N4O2/c1-24-8-10-25(11-9-24)17-15(5-3-7-22-17)13-23-18(26)14-4-2-6-16(12-14)27-19(20)21/h2-7,12,19H,8-11,13H2,1H3,(H,23,26). The van der Waals surface area contributed by atoms with E-state index in [4.69, 9.17) is 0 Å². The van der Waals surface area contributed by atoms with Crippen molar-refractivity contribution >= 4 is 11.7 Å². The maximum atomic E-state index is 12.4. The number of nitrogens with one attached hydrogen (secondary N) is 1. The minimum atomic E-state index is -2.93. The second kappa shape index (κ2) is 8.77. The predicted molar refractivity (Wildman–Crippen MR) is 98.2 cm³/mol. The molecular formula is C19H22F2N4O2. The third-order valence-electron chi connectivity index (χ3n) is 4.43. The van der Waals surface area contributed by atoms with Gasteiger partial charge in [0, 0.05) is 50.0 Å². The fourth-order valence-corrected chi connectivity index (χ4v) is 2.96. The van der Waals surface area contributed by atoms with Crippen molar-refractivity contribution in [2.75, 3.05) is 38.1 Å². The highest BCUT2D eigenvalue weighted by atomic mass is 19.3. The maximum absolute atomic E-state index is 12.4. The van der Waals surface area contributed by atoms with Crippen molar-refractivity contribution in [3.05, 3.63) is 53.7 Å². The Bertz CT molecular complexity index is 780. The van der Waals surface area contributed by atoms with Gasteiger partial charge >= 0.3 is 6.61 Å². The lowest BCUT2D eigenvalue weighted by Crippen LogP contribution is -2.45. The summed E-state index contributed by atoms with van der Waals surface area (Å²) in [7, 11) is 2.09. The number of anilines is 1. The van der Waals surface area contributed by atoms with Crippen LogP contribution in [0.4, 0.5) is 14.6 Å². The molecule has 2 aromatic rings. The molecule has 1 aromatic carbocycles. The second-order valence-electron chi connectivity index (χ2n) is 6.37. The number of aromatic nitrogens is 1. The fraction of sp³-hybridized carbons (Fsp3) is 0.368. The minimum Gasteiger partial charge on any atom is -0.435 e. The van der Waals surface area contributed by atoms with Gasteiger partial charge in [-0.05, 0) is 31.3 Å². The van der Waals surface area contributed by atoms with Crippen LogP contribution in [-0.4, -0.2) is 55.6 Å². The van der Waals surface area contributed by atoms with E-state index in [1.54, 1.807) is 12.3 Å². The van der Waals surface area contributed by atoms with Crippen LogP contribution >= 0.6 is 0 Å². The summed E-state index contributed by atoms with van der Waals surface area (Å²) in [4.78, 5) is 21.3. The van der Waals surface area contributed by atoms with E-state index in [1.807, 2.05) is 12.1 Å². The van der Waals surface area contributed by atoms with Crippen LogP contribution in [0.2, 0.25) is 0 Å². The number of ether oxygens (including phenoxy) is 1. The van der Waals surface area contributed by atoms with E-state index in [-0.39, 0.29) is 17.2 Å². The average Bonchev–Trinajstić information content (AvgIpc) is 2.67. The number of piperazine rings is 1. The third kappa shape index (κ3) is 5.13. The zero-order valence-corrected chi connectivity index (χ0v) is 15.1. The predicted octanol–water partition coefficient (Wildman–Crippen LogP) is 2.36. The molecule has 0 unspecified atom stereocenters.